The molecule has 0 saturated heterocycles. The van der Waals surface area contributed by atoms with Gasteiger partial charge in [-0.1, -0.05) is 30.3 Å². The molecule has 0 fully saturated rings. The zero-order chi connectivity index (χ0) is 18.8. The quantitative estimate of drug-likeness (QED) is 0.747. The van der Waals surface area contributed by atoms with Crippen molar-refractivity contribution in [3.05, 3.63) is 60.7 Å². The van der Waals surface area contributed by atoms with Gasteiger partial charge in [0.1, 0.15) is 17.6 Å². The SMILES string of the molecule is COc1ccc(NC(=O)[C@H]2CC(=O)Nc3cc(-c4ccccc4)nn32)cc1. The predicted octanol–water partition coefficient (Wildman–Crippen LogP) is 3.08. The average Bonchev–Trinajstić information content (AvgIpc) is 3.12. The van der Waals surface area contributed by atoms with Gasteiger partial charge in [0, 0.05) is 17.3 Å². The lowest BCUT2D eigenvalue weighted by molar-refractivity contribution is -0.125. The van der Waals surface area contributed by atoms with Crippen LogP contribution in [-0.2, 0) is 9.59 Å². The van der Waals surface area contributed by atoms with E-state index in [9.17, 15) is 9.59 Å². The fourth-order valence-electron chi connectivity index (χ4n) is 3.03. The second-order valence-electron chi connectivity index (χ2n) is 6.21. The molecule has 1 aliphatic heterocycles. The number of rotatable bonds is 4. The van der Waals surface area contributed by atoms with E-state index < -0.39 is 6.04 Å². The number of anilines is 2. The molecule has 0 spiro atoms. The highest BCUT2D eigenvalue weighted by atomic mass is 16.5. The minimum absolute atomic E-state index is 0.0326. The summed E-state index contributed by atoms with van der Waals surface area (Å²) in [4.78, 5) is 24.9. The van der Waals surface area contributed by atoms with Crippen molar-refractivity contribution in [2.45, 2.75) is 12.5 Å². The highest BCUT2D eigenvalue weighted by molar-refractivity contribution is 6.01. The molecule has 1 atom stereocenters. The highest BCUT2D eigenvalue weighted by Crippen LogP contribution is 2.30. The maximum Gasteiger partial charge on any atom is 0.249 e. The zero-order valence-corrected chi connectivity index (χ0v) is 14.7. The summed E-state index contributed by atoms with van der Waals surface area (Å²) < 4.78 is 6.69. The number of methoxy groups -OCH3 is 1. The molecule has 136 valence electrons. The van der Waals surface area contributed by atoms with Crippen LogP contribution in [-0.4, -0.2) is 28.7 Å². The van der Waals surface area contributed by atoms with Gasteiger partial charge >= 0.3 is 0 Å². The van der Waals surface area contributed by atoms with Crippen LogP contribution in [0.4, 0.5) is 11.5 Å². The molecule has 2 amide bonds. The van der Waals surface area contributed by atoms with Gasteiger partial charge < -0.3 is 15.4 Å². The Balaban J connectivity index is 1.61. The van der Waals surface area contributed by atoms with Crippen LogP contribution in [0.15, 0.2) is 60.7 Å². The van der Waals surface area contributed by atoms with E-state index in [-0.39, 0.29) is 18.2 Å². The molecule has 0 bridgehead atoms. The fourth-order valence-corrected chi connectivity index (χ4v) is 3.03. The maximum atomic E-state index is 12.8. The number of carbonyl (C=O) groups is 2. The summed E-state index contributed by atoms with van der Waals surface area (Å²) in [5.41, 5.74) is 2.25. The number of nitrogens with one attached hydrogen (secondary N) is 2. The molecule has 0 aliphatic carbocycles. The van der Waals surface area contributed by atoms with Crippen molar-refractivity contribution in [3.8, 4) is 17.0 Å². The second kappa shape index (κ2) is 6.95. The Morgan fingerprint density at radius 2 is 1.93 bits per heavy atom. The van der Waals surface area contributed by atoms with Crippen molar-refractivity contribution in [2.24, 2.45) is 0 Å². The third-order valence-corrected chi connectivity index (χ3v) is 4.41. The fraction of sp³-hybridized carbons (Fsp3) is 0.150. The van der Waals surface area contributed by atoms with E-state index >= 15 is 0 Å². The normalized spacial score (nSPS) is 15.6. The monoisotopic (exact) mass is 362 g/mol. The van der Waals surface area contributed by atoms with Crippen molar-refractivity contribution >= 4 is 23.3 Å². The first kappa shape index (κ1) is 16.8. The van der Waals surface area contributed by atoms with Gasteiger partial charge in [-0.3, -0.25) is 9.59 Å². The molecule has 1 aliphatic rings. The summed E-state index contributed by atoms with van der Waals surface area (Å²) in [6, 6.07) is 17.7. The molecule has 3 aromatic rings. The molecule has 2 N–H and O–H groups in total. The number of ether oxygens (including phenoxy) is 1. The van der Waals surface area contributed by atoms with E-state index in [2.05, 4.69) is 15.7 Å². The standard InChI is InChI=1S/C20H18N4O3/c1-27-15-9-7-14(8-10-15)21-20(26)17-12-19(25)22-18-11-16(23-24(17)18)13-5-3-2-4-6-13/h2-11,17H,12H2,1H3,(H,21,26)(H,22,25)/t17-/m1/s1. The lowest BCUT2D eigenvalue weighted by Crippen LogP contribution is -2.35. The van der Waals surface area contributed by atoms with Gasteiger partial charge in [0.05, 0.1) is 19.2 Å². The van der Waals surface area contributed by atoms with Gasteiger partial charge in [-0.2, -0.15) is 5.10 Å². The predicted molar refractivity (Wildman–Crippen MR) is 102 cm³/mol. The number of amides is 2. The molecule has 4 rings (SSSR count). The Labute approximate surface area is 156 Å². The van der Waals surface area contributed by atoms with Gasteiger partial charge in [-0.25, -0.2) is 4.68 Å². The Hall–Kier alpha value is -3.61. The van der Waals surface area contributed by atoms with Crippen LogP contribution < -0.4 is 15.4 Å². The zero-order valence-electron chi connectivity index (χ0n) is 14.7. The molecule has 0 saturated carbocycles. The lowest BCUT2D eigenvalue weighted by Gasteiger charge is -2.23. The van der Waals surface area contributed by atoms with E-state index in [1.807, 2.05) is 30.3 Å². The molecule has 1 aromatic heterocycles. The molecule has 2 aromatic carbocycles. The van der Waals surface area contributed by atoms with E-state index in [4.69, 9.17) is 4.74 Å². The molecule has 27 heavy (non-hydrogen) atoms. The topological polar surface area (TPSA) is 85.2 Å². The summed E-state index contributed by atoms with van der Waals surface area (Å²) in [6.07, 6.45) is 0.0326. The molecule has 0 unspecified atom stereocenters. The summed E-state index contributed by atoms with van der Waals surface area (Å²) >= 11 is 0. The number of aromatic nitrogens is 2. The van der Waals surface area contributed by atoms with E-state index in [1.165, 1.54) is 0 Å². The summed E-state index contributed by atoms with van der Waals surface area (Å²) in [7, 11) is 1.58. The third kappa shape index (κ3) is 3.39. The largest absolute Gasteiger partial charge is 0.497 e. The van der Waals surface area contributed by atoms with Crippen LogP contribution >= 0.6 is 0 Å². The van der Waals surface area contributed by atoms with E-state index in [0.29, 0.717) is 22.9 Å². The van der Waals surface area contributed by atoms with E-state index in [0.717, 1.165) is 5.56 Å². The van der Waals surface area contributed by atoms with Crippen molar-refractivity contribution in [2.75, 3.05) is 17.7 Å². The number of nitrogens with zero attached hydrogens (tertiary/aromatic N) is 2. The first-order valence-electron chi connectivity index (χ1n) is 8.54. The van der Waals surface area contributed by atoms with Crippen LogP contribution in [0.25, 0.3) is 11.3 Å². The second-order valence-corrected chi connectivity index (χ2v) is 6.21. The lowest BCUT2D eigenvalue weighted by atomic mass is 10.1. The van der Waals surface area contributed by atoms with Gasteiger partial charge in [-0.15, -0.1) is 0 Å². The summed E-state index contributed by atoms with van der Waals surface area (Å²) in [6.45, 7) is 0. The first-order valence-corrected chi connectivity index (χ1v) is 8.54. The number of hydrogen-bond acceptors (Lipinski definition) is 4. The van der Waals surface area contributed by atoms with E-state index in [1.54, 1.807) is 42.1 Å². The van der Waals surface area contributed by atoms with Crippen LogP contribution in [0.3, 0.4) is 0 Å². The Morgan fingerprint density at radius 3 is 2.63 bits per heavy atom. The number of benzene rings is 2. The number of carbonyl (C=O) groups excluding carboxylic acids is 2. The Bertz CT molecular complexity index is 980. The highest BCUT2D eigenvalue weighted by Gasteiger charge is 2.32. The minimum atomic E-state index is -0.715. The van der Waals surface area contributed by atoms with Gasteiger partial charge in [0.2, 0.25) is 11.8 Å². The molecule has 2 heterocycles. The summed E-state index contributed by atoms with van der Waals surface area (Å²) in [5, 5.41) is 10.2. The Kier molecular flexibility index (Phi) is 4.33. The molecule has 0 radical (unpaired) electrons. The van der Waals surface area contributed by atoms with Crippen molar-refractivity contribution in [3.63, 3.8) is 0 Å². The summed E-state index contributed by atoms with van der Waals surface area (Å²) in [5.74, 6) is 0.711. The number of hydrogen-bond donors (Lipinski definition) is 2. The smallest absolute Gasteiger partial charge is 0.249 e. The Morgan fingerprint density at radius 1 is 1.19 bits per heavy atom. The molecular formula is C20H18N4O3. The van der Waals surface area contributed by atoms with Gasteiger partial charge in [0.25, 0.3) is 0 Å². The molecular weight excluding hydrogens is 344 g/mol. The maximum absolute atomic E-state index is 12.8. The van der Waals surface area contributed by atoms with Crippen molar-refractivity contribution in [1.82, 2.24) is 9.78 Å². The molecule has 7 heteroatoms. The van der Waals surface area contributed by atoms with Crippen LogP contribution in [0.2, 0.25) is 0 Å². The molecule has 7 nitrogen and oxygen atoms in total. The third-order valence-electron chi connectivity index (χ3n) is 4.41. The average molecular weight is 362 g/mol. The van der Waals surface area contributed by atoms with Crippen LogP contribution in [0.5, 0.6) is 5.75 Å². The van der Waals surface area contributed by atoms with Crippen molar-refractivity contribution in [1.29, 1.82) is 0 Å². The van der Waals surface area contributed by atoms with Crippen molar-refractivity contribution < 1.29 is 14.3 Å². The van der Waals surface area contributed by atoms with Crippen LogP contribution in [0, 0.1) is 0 Å². The number of fused-ring (bicyclic) bond motifs is 1. The van der Waals surface area contributed by atoms with Gasteiger partial charge in [0.15, 0.2) is 0 Å². The first-order chi connectivity index (χ1) is 13.1. The van der Waals surface area contributed by atoms with Gasteiger partial charge in [-0.05, 0) is 24.3 Å². The minimum Gasteiger partial charge on any atom is -0.497 e. The van der Waals surface area contributed by atoms with Crippen LogP contribution in [0.1, 0.15) is 12.5 Å².